The predicted molar refractivity (Wildman–Crippen MR) is 177 cm³/mol. The van der Waals surface area contributed by atoms with Crippen molar-refractivity contribution in [2.24, 2.45) is 0 Å². The Balaban J connectivity index is 1.32. The van der Waals surface area contributed by atoms with E-state index in [2.05, 4.69) is 20.9 Å². The lowest BCUT2D eigenvalue weighted by molar-refractivity contribution is -0.384. The fourth-order valence-corrected chi connectivity index (χ4v) is 5.55. The summed E-state index contributed by atoms with van der Waals surface area (Å²) in [6.07, 6.45) is 3.92. The molecule has 0 aliphatic heterocycles. The van der Waals surface area contributed by atoms with E-state index in [-0.39, 0.29) is 17.3 Å². The Morgan fingerprint density at radius 1 is 0.889 bits per heavy atom. The molecule has 0 saturated carbocycles. The number of carbonyl (C=O) groups is 3. The van der Waals surface area contributed by atoms with Crippen molar-refractivity contribution in [2.45, 2.75) is 23.5 Å². The van der Waals surface area contributed by atoms with E-state index in [9.17, 15) is 24.5 Å². The van der Waals surface area contributed by atoms with Gasteiger partial charge in [0.25, 0.3) is 17.5 Å². The van der Waals surface area contributed by atoms with Crippen molar-refractivity contribution < 1.29 is 19.3 Å². The van der Waals surface area contributed by atoms with Crippen LogP contribution in [0.1, 0.15) is 29.3 Å². The van der Waals surface area contributed by atoms with Gasteiger partial charge >= 0.3 is 0 Å². The summed E-state index contributed by atoms with van der Waals surface area (Å²) in [7, 11) is 0. The van der Waals surface area contributed by atoms with Gasteiger partial charge in [0.1, 0.15) is 5.70 Å². The highest BCUT2D eigenvalue weighted by atomic mass is 32.2. The van der Waals surface area contributed by atoms with Crippen LogP contribution in [0.4, 0.5) is 17.1 Å². The van der Waals surface area contributed by atoms with Crippen LogP contribution in [-0.4, -0.2) is 32.9 Å². The number of thioether (sulfide) groups is 1. The number of nitro groups is 1. The van der Waals surface area contributed by atoms with Crippen molar-refractivity contribution >= 4 is 63.5 Å². The average Bonchev–Trinajstić information content (AvgIpc) is 3.46. The monoisotopic (exact) mass is 619 g/mol. The number of aromatic nitrogens is 1. The zero-order chi connectivity index (χ0) is 31.8. The Morgan fingerprint density at radius 3 is 2.36 bits per heavy atom. The molecule has 0 radical (unpaired) electrons. The Labute approximate surface area is 263 Å². The Bertz CT molecular complexity index is 1890. The van der Waals surface area contributed by atoms with Crippen LogP contribution in [0.25, 0.3) is 17.0 Å². The van der Waals surface area contributed by atoms with Crippen molar-refractivity contribution in [3.05, 3.63) is 136 Å². The number of H-pyrrole nitrogens is 1. The molecule has 0 spiro atoms. The molecule has 5 rings (SSSR count). The number of nitrogens with one attached hydrogen (secondary N) is 4. The van der Waals surface area contributed by atoms with E-state index in [1.807, 2.05) is 37.3 Å². The second kappa shape index (κ2) is 14.2. The Morgan fingerprint density at radius 2 is 1.62 bits per heavy atom. The summed E-state index contributed by atoms with van der Waals surface area (Å²) in [4.78, 5) is 54.0. The lowest BCUT2D eigenvalue weighted by Crippen LogP contribution is -2.30. The van der Waals surface area contributed by atoms with Gasteiger partial charge in [-0.15, -0.1) is 11.8 Å². The number of para-hydroxylation sites is 1. The van der Waals surface area contributed by atoms with E-state index < -0.39 is 22.0 Å². The normalized spacial score (nSPS) is 11.9. The molecule has 1 atom stereocenters. The van der Waals surface area contributed by atoms with Crippen molar-refractivity contribution in [3.8, 4) is 0 Å². The summed E-state index contributed by atoms with van der Waals surface area (Å²) in [6, 6.07) is 29.0. The van der Waals surface area contributed by atoms with E-state index in [0.29, 0.717) is 23.4 Å². The number of anilines is 2. The first-order chi connectivity index (χ1) is 21.8. The molecule has 0 fully saturated rings. The summed E-state index contributed by atoms with van der Waals surface area (Å²) < 4.78 is 0. The minimum atomic E-state index is -0.519. The molecule has 0 saturated heterocycles. The maximum Gasteiger partial charge on any atom is 0.272 e. The second-order valence-electron chi connectivity index (χ2n) is 9.96. The van der Waals surface area contributed by atoms with Gasteiger partial charge in [-0.3, -0.25) is 24.5 Å². The number of aromatic amines is 1. The van der Waals surface area contributed by atoms with Crippen molar-refractivity contribution in [1.82, 2.24) is 10.3 Å². The fourth-order valence-electron chi connectivity index (χ4n) is 4.53. The van der Waals surface area contributed by atoms with E-state index >= 15 is 0 Å². The predicted octanol–water partition coefficient (Wildman–Crippen LogP) is 7.00. The van der Waals surface area contributed by atoms with E-state index in [0.717, 1.165) is 21.4 Å². The highest BCUT2D eigenvalue weighted by Crippen LogP contribution is 2.29. The van der Waals surface area contributed by atoms with Crippen LogP contribution in [0.3, 0.4) is 0 Å². The fraction of sp³-hybridized carbons (Fsp3) is 0.0882. The molecule has 226 valence electrons. The maximum atomic E-state index is 13.6. The second-order valence-corrected chi connectivity index (χ2v) is 11.2. The minimum Gasteiger partial charge on any atom is -0.361 e. The van der Waals surface area contributed by atoms with Crippen LogP contribution in [-0.2, 0) is 9.59 Å². The van der Waals surface area contributed by atoms with Gasteiger partial charge in [-0.2, -0.15) is 0 Å². The summed E-state index contributed by atoms with van der Waals surface area (Å²) >= 11 is 1.33. The lowest BCUT2D eigenvalue weighted by atomic mass is 10.1. The van der Waals surface area contributed by atoms with Crippen molar-refractivity contribution in [2.75, 3.05) is 10.6 Å². The summed E-state index contributed by atoms with van der Waals surface area (Å²) in [5.41, 5.74) is 2.97. The van der Waals surface area contributed by atoms with Crippen LogP contribution in [0.2, 0.25) is 0 Å². The first-order valence-electron chi connectivity index (χ1n) is 14.1. The first-order valence-corrected chi connectivity index (χ1v) is 15.0. The van der Waals surface area contributed by atoms with Gasteiger partial charge in [0.05, 0.1) is 10.2 Å². The first kappa shape index (κ1) is 30.8. The number of hydrogen-bond acceptors (Lipinski definition) is 6. The number of benzene rings is 4. The van der Waals surface area contributed by atoms with Gasteiger partial charge < -0.3 is 20.9 Å². The third-order valence-corrected chi connectivity index (χ3v) is 8.19. The number of fused-ring (bicyclic) bond motifs is 1. The summed E-state index contributed by atoms with van der Waals surface area (Å²) in [6.45, 7) is 1.88. The van der Waals surface area contributed by atoms with Crippen LogP contribution in [0.15, 0.2) is 120 Å². The topological polar surface area (TPSA) is 146 Å². The standard InChI is InChI=1S/C34H29N5O5S/c1-2-31(34(42)36-24-15-17-26(18-16-24)39(43)44)45-27-12-8-11-25(20-27)37-33(41)30(38-32(40)22-9-4-3-5-10-22)19-23-21-35-29-14-7-6-13-28(23)29/h3-21,31,35H,2H2,1H3,(H,36,42)(H,37,41)(H,38,40)/b30-19-. The number of carbonyl (C=O) groups excluding carboxylic acids is 3. The number of non-ortho nitro benzene ring substituents is 1. The van der Waals surface area contributed by atoms with Crippen molar-refractivity contribution in [3.63, 3.8) is 0 Å². The molecule has 0 aliphatic carbocycles. The number of amides is 3. The van der Waals surface area contributed by atoms with Crippen LogP contribution in [0, 0.1) is 10.1 Å². The number of hydrogen-bond donors (Lipinski definition) is 4. The SMILES string of the molecule is CCC(Sc1cccc(NC(=O)/C(=C/c2c[nH]c3ccccc23)NC(=O)c2ccccc2)c1)C(=O)Nc1ccc([N+](=O)[O-])cc1. The Hall–Kier alpha value is -5.68. The smallest absolute Gasteiger partial charge is 0.272 e. The molecule has 4 N–H and O–H groups in total. The van der Waals surface area contributed by atoms with Crippen molar-refractivity contribution in [1.29, 1.82) is 0 Å². The summed E-state index contributed by atoms with van der Waals surface area (Å²) in [5, 5.41) is 19.8. The maximum absolute atomic E-state index is 13.6. The molecule has 1 aromatic heterocycles. The number of nitrogens with zero attached hydrogens (tertiary/aromatic N) is 1. The molecule has 0 aliphatic rings. The molecule has 1 unspecified atom stereocenters. The number of nitro benzene ring substituents is 1. The third-order valence-electron chi connectivity index (χ3n) is 6.83. The van der Waals surface area contributed by atoms with Crippen LogP contribution in [0.5, 0.6) is 0 Å². The van der Waals surface area contributed by atoms with E-state index in [4.69, 9.17) is 0 Å². The van der Waals surface area contributed by atoms with Gasteiger partial charge in [-0.05, 0) is 61.0 Å². The van der Waals surface area contributed by atoms with Gasteiger partial charge in [0.15, 0.2) is 0 Å². The molecule has 0 bridgehead atoms. The lowest BCUT2D eigenvalue weighted by Gasteiger charge is -2.16. The molecule has 4 aromatic carbocycles. The molecule has 45 heavy (non-hydrogen) atoms. The quantitative estimate of drug-likeness (QED) is 0.0542. The number of rotatable bonds is 11. The molecular formula is C34H29N5O5S. The highest BCUT2D eigenvalue weighted by Gasteiger charge is 2.20. The third kappa shape index (κ3) is 7.84. The van der Waals surface area contributed by atoms with Crippen LogP contribution >= 0.6 is 11.8 Å². The molecular weight excluding hydrogens is 590 g/mol. The van der Waals surface area contributed by atoms with Gasteiger partial charge in [0.2, 0.25) is 5.91 Å². The van der Waals surface area contributed by atoms with Crippen LogP contribution < -0.4 is 16.0 Å². The van der Waals surface area contributed by atoms with Gasteiger partial charge in [-0.25, -0.2) is 0 Å². The average molecular weight is 620 g/mol. The largest absolute Gasteiger partial charge is 0.361 e. The molecule has 10 nitrogen and oxygen atoms in total. The molecule has 5 aromatic rings. The van der Waals surface area contributed by atoms with E-state index in [1.54, 1.807) is 60.8 Å². The zero-order valence-corrected chi connectivity index (χ0v) is 25.0. The molecule has 11 heteroatoms. The Kier molecular flexibility index (Phi) is 9.70. The molecule has 1 heterocycles. The van der Waals surface area contributed by atoms with Gasteiger partial charge in [-0.1, -0.05) is 49.4 Å². The van der Waals surface area contributed by atoms with Gasteiger partial charge in [0, 0.05) is 56.6 Å². The zero-order valence-electron chi connectivity index (χ0n) is 24.2. The van der Waals surface area contributed by atoms with E-state index in [1.165, 1.54) is 36.0 Å². The molecule has 3 amide bonds. The minimum absolute atomic E-state index is 0.0561. The highest BCUT2D eigenvalue weighted by molar-refractivity contribution is 8.00. The summed E-state index contributed by atoms with van der Waals surface area (Å²) in [5.74, 6) is -1.20.